The molecule has 0 radical (unpaired) electrons. The first-order valence-corrected chi connectivity index (χ1v) is 5.43. The van der Waals surface area contributed by atoms with Crippen molar-refractivity contribution in [2.24, 2.45) is 0 Å². The van der Waals surface area contributed by atoms with Crippen LogP contribution >= 0.6 is 0 Å². The molecule has 0 spiro atoms. The van der Waals surface area contributed by atoms with Crippen LogP contribution < -0.4 is 5.32 Å². The molecule has 2 aromatic heterocycles. The standard InChI is InChI=1S/C11H11N5O3/c1-7(16-6-12-5-13-16)10(17)15-9-4-2-3-8(14-9)11(18)19/h2-7H,1H3,(H,18,19)(H,14,15,17). The molecule has 0 bridgehead atoms. The van der Waals surface area contributed by atoms with Crippen molar-refractivity contribution in [2.75, 3.05) is 5.32 Å². The average Bonchev–Trinajstić information content (AvgIpc) is 2.92. The number of carbonyl (C=O) groups excluding carboxylic acids is 1. The first-order valence-electron chi connectivity index (χ1n) is 5.43. The number of hydrogen-bond donors (Lipinski definition) is 2. The lowest BCUT2D eigenvalue weighted by atomic mass is 10.3. The molecule has 0 aliphatic rings. The van der Waals surface area contributed by atoms with Gasteiger partial charge in [-0.25, -0.2) is 19.4 Å². The van der Waals surface area contributed by atoms with Gasteiger partial charge in [-0.3, -0.25) is 4.79 Å². The molecule has 1 unspecified atom stereocenters. The molecule has 1 amide bonds. The van der Waals surface area contributed by atoms with Crippen LogP contribution in [0.2, 0.25) is 0 Å². The summed E-state index contributed by atoms with van der Waals surface area (Å²) in [5, 5.41) is 15.2. The van der Waals surface area contributed by atoms with E-state index in [0.717, 1.165) is 0 Å². The van der Waals surface area contributed by atoms with Crippen LogP contribution in [-0.4, -0.2) is 36.7 Å². The minimum atomic E-state index is -1.15. The van der Waals surface area contributed by atoms with E-state index in [-0.39, 0.29) is 17.4 Å². The van der Waals surface area contributed by atoms with Gasteiger partial charge in [-0.1, -0.05) is 6.07 Å². The Kier molecular flexibility index (Phi) is 3.51. The fourth-order valence-electron chi connectivity index (χ4n) is 1.39. The highest BCUT2D eigenvalue weighted by Gasteiger charge is 2.16. The largest absolute Gasteiger partial charge is 0.477 e. The Morgan fingerprint density at radius 2 is 2.21 bits per heavy atom. The van der Waals surface area contributed by atoms with Crippen molar-refractivity contribution in [3.63, 3.8) is 0 Å². The van der Waals surface area contributed by atoms with Crippen molar-refractivity contribution in [3.05, 3.63) is 36.5 Å². The lowest BCUT2D eigenvalue weighted by Crippen LogP contribution is -2.24. The molecule has 0 saturated heterocycles. The van der Waals surface area contributed by atoms with Crippen molar-refractivity contribution >= 4 is 17.7 Å². The van der Waals surface area contributed by atoms with Crippen LogP contribution in [0.15, 0.2) is 30.9 Å². The van der Waals surface area contributed by atoms with Crippen LogP contribution in [0.1, 0.15) is 23.5 Å². The maximum atomic E-state index is 11.9. The minimum absolute atomic E-state index is 0.133. The Hall–Kier alpha value is -2.77. The quantitative estimate of drug-likeness (QED) is 0.832. The molecule has 0 saturated carbocycles. The number of aromatic nitrogens is 4. The van der Waals surface area contributed by atoms with Crippen LogP contribution in [-0.2, 0) is 4.79 Å². The fourth-order valence-corrected chi connectivity index (χ4v) is 1.39. The van der Waals surface area contributed by atoms with Crippen molar-refractivity contribution in [1.82, 2.24) is 19.7 Å². The third-order valence-electron chi connectivity index (χ3n) is 2.43. The number of hydrogen-bond acceptors (Lipinski definition) is 5. The maximum Gasteiger partial charge on any atom is 0.354 e. The first kappa shape index (κ1) is 12.7. The molecule has 98 valence electrons. The summed E-state index contributed by atoms with van der Waals surface area (Å²) < 4.78 is 1.39. The third kappa shape index (κ3) is 2.92. The summed E-state index contributed by atoms with van der Waals surface area (Å²) in [6.07, 6.45) is 2.75. The minimum Gasteiger partial charge on any atom is -0.477 e. The van der Waals surface area contributed by atoms with Gasteiger partial charge in [-0.2, -0.15) is 5.10 Å². The molecule has 0 aliphatic heterocycles. The van der Waals surface area contributed by atoms with Crippen LogP contribution in [0, 0.1) is 0 Å². The molecule has 2 N–H and O–H groups in total. The molecule has 0 aromatic carbocycles. The van der Waals surface area contributed by atoms with E-state index in [9.17, 15) is 9.59 Å². The number of carbonyl (C=O) groups is 2. The molecule has 2 rings (SSSR count). The Bertz CT molecular complexity index is 596. The van der Waals surface area contributed by atoms with Crippen molar-refractivity contribution in [3.8, 4) is 0 Å². The van der Waals surface area contributed by atoms with Gasteiger partial charge in [0, 0.05) is 0 Å². The number of carboxylic acids is 1. The number of aromatic carboxylic acids is 1. The van der Waals surface area contributed by atoms with Crippen LogP contribution in [0.4, 0.5) is 5.82 Å². The van der Waals surface area contributed by atoms with E-state index in [1.54, 1.807) is 6.92 Å². The second kappa shape index (κ2) is 5.25. The van der Waals surface area contributed by atoms with Gasteiger partial charge >= 0.3 is 5.97 Å². The van der Waals surface area contributed by atoms with E-state index in [1.165, 1.54) is 35.5 Å². The lowest BCUT2D eigenvalue weighted by Gasteiger charge is -2.11. The van der Waals surface area contributed by atoms with E-state index in [1.807, 2.05) is 0 Å². The highest BCUT2D eigenvalue weighted by molar-refractivity contribution is 5.93. The molecule has 2 aromatic rings. The second-order valence-electron chi connectivity index (χ2n) is 3.75. The van der Waals surface area contributed by atoms with Gasteiger partial charge in [0.15, 0.2) is 5.69 Å². The van der Waals surface area contributed by atoms with Gasteiger partial charge in [0.05, 0.1) is 0 Å². The summed E-state index contributed by atoms with van der Waals surface area (Å²) in [6, 6.07) is 3.79. The van der Waals surface area contributed by atoms with E-state index in [2.05, 4.69) is 20.4 Å². The summed E-state index contributed by atoms with van der Waals surface area (Å²) in [7, 11) is 0. The smallest absolute Gasteiger partial charge is 0.354 e. The molecule has 8 heteroatoms. The van der Waals surface area contributed by atoms with E-state index in [0.29, 0.717) is 0 Å². The Labute approximate surface area is 108 Å². The van der Waals surface area contributed by atoms with E-state index < -0.39 is 12.0 Å². The van der Waals surface area contributed by atoms with Crippen molar-refractivity contribution < 1.29 is 14.7 Å². The molecule has 19 heavy (non-hydrogen) atoms. The lowest BCUT2D eigenvalue weighted by molar-refractivity contribution is -0.119. The zero-order valence-electron chi connectivity index (χ0n) is 10.0. The van der Waals surface area contributed by atoms with Crippen molar-refractivity contribution in [2.45, 2.75) is 13.0 Å². The molecule has 0 fully saturated rings. The van der Waals surface area contributed by atoms with Gasteiger partial charge in [0.25, 0.3) is 0 Å². The number of carboxylic acid groups (broad SMARTS) is 1. The Balaban J connectivity index is 2.11. The van der Waals surface area contributed by atoms with Gasteiger partial charge in [-0.05, 0) is 19.1 Å². The maximum absolute atomic E-state index is 11.9. The SMILES string of the molecule is CC(C(=O)Nc1cccc(C(=O)O)n1)n1cncn1. The first-order chi connectivity index (χ1) is 9.08. The summed E-state index contributed by atoms with van der Waals surface area (Å²) in [5.74, 6) is -1.34. The topological polar surface area (TPSA) is 110 Å². The van der Waals surface area contributed by atoms with Crippen molar-refractivity contribution in [1.29, 1.82) is 0 Å². The van der Waals surface area contributed by atoms with E-state index >= 15 is 0 Å². The summed E-state index contributed by atoms with van der Waals surface area (Å²) >= 11 is 0. The number of rotatable bonds is 4. The number of amides is 1. The Morgan fingerprint density at radius 3 is 2.84 bits per heavy atom. The Morgan fingerprint density at radius 1 is 1.42 bits per heavy atom. The molecule has 1 atom stereocenters. The van der Waals surface area contributed by atoms with Crippen LogP contribution in [0.5, 0.6) is 0 Å². The second-order valence-corrected chi connectivity index (χ2v) is 3.75. The number of nitrogens with one attached hydrogen (secondary N) is 1. The molecule has 2 heterocycles. The predicted molar refractivity (Wildman–Crippen MR) is 64.6 cm³/mol. The zero-order valence-corrected chi connectivity index (χ0v) is 10.0. The summed E-state index contributed by atoms with van der Waals surface area (Å²) in [4.78, 5) is 30.2. The highest BCUT2D eigenvalue weighted by atomic mass is 16.4. The monoisotopic (exact) mass is 261 g/mol. The molecule has 8 nitrogen and oxygen atoms in total. The third-order valence-corrected chi connectivity index (χ3v) is 2.43. The van der Waals surface area contributed by atoms with Crippen LogP contribution in [0.25, 0.3) is 0 Å². The van der Waals surface area contributed by atoms with E-state index in [4.69, 9.17) is 5.11 Å². The average molecular weight is 261 g/mol. The summed E-state index contributed by atoms with van der Waals surface area (Å²) in [6.45, 7) is 1.64. The summed E-state index contributed by atoms with van der Waals surface area (Å²) in [5.41, 5.74) is -0.133. The number of anilines is 1. The number of nitrogens with zero attached hydrogens (tertiary/aromatic N) is 4. The van der Waals surface area contributed by atoms with Gasteiger partial charge < -0.3 is 10.4 Å². The normalized spacial score (nSPS) is 11.8. The van der Waals surface area contributed by atoms with Gasteiger partial charge in [0.2, 0.25) is 5.91 Å². The number of pyridine rings is 1. The zero-order chi connectivity index (χ0) is 13.8. The van der Waals surface area contributed by atoms with Gasteiger partial charge in [0.1, 0.15) is 24.5 Å². The molecular weight excluding hydrogens is 250 g/mol. The fraction of sp³-hybridized carbons (Fsp3) is 0.182. The van der Waals surface area contributed by atoms with Gasteiger partial charge in [-0.15, -0.1) is 0 Å². The highest BCUT2D eigenvalue weighted by Crippen LogP contribution is 2.09. The molecular formula is C11H11N5O3. The predicted octanol–water partition coefficient (Wildman–Crippen LogP) is 0.571. The van der Waals surface area contributed by atoms with Crippen LogP contribution in [0.3, 0.4) is 0 Å². The molecule has 0 aliphatic carbocycles.